The highest BCUT2D eigenvalue weighted by molar-refractivity contribution is 14.0. The van der Waals surface area contributed by atoms with Crippen LogP contribution in [-0.2, 0) is 22.7 Å². The minimum absolute atomic E-state index is 0. The van der Waals surface area contributed by atoms with Crippen LogP contribution in [0.25, 0.3) is 0 Å². The van der Waals surface area contributed by atoms with Gasteiger partial charge in [-0.15, -0.1) is 24.0 Å². The van der Waals surface area contributed by atoms with Gasteiger partial charge in [0.15, 0.2) is 5.96 Å². The molecule has 0 aromatic heterocycles. The van der Waals surface area contributed by atoms with Crippen LogP contribution in [0.1, 0.15) is 17.5 Å². The molecule has 1 N–H and O–H groups in total. The van der Waals surface area contributed by atoms with Gasteiger partial charge in [0, 0.05) is 32.6 Å². The summed E-state index contributed by atoms with van der Waals surface area (Å²) < 4.78 is 11.7. The molecule has 5 nitrogen and oxygen atoms in total. The first-order valence-corrected chi connectivity index (χ1v) is 10.0. The zero-order valence-electron chi connectivity index (χ0n) is 17.1. The van der Waals surface area contributed by atoms with Gasteiger partial charge in [0.05, 0.1) is 26.4 Å². The molecule has 3 rings (SSSR count). The third-order valence-corrected chi connectivity index (χ3v) is 4.90. The maximum Gasteiger partial charge on any atom is 0.193 e. The van der Waals surface area contributed by atoms with E-state index in [9.17, 15) is 0 Å². The average molecular weight is 509 g/mol. The molecule has 1 unspecified atom stereocenters. The van der Waals surface area contributed by atoms with Crippen LogP contribution in [-0.4, -0.2) is 50.8 Å². The maximum atomic E-state index is 5.91. The predicted molar refractivity (Wildman–Crippen MR) is 129 cm³/mol. The average Bonchev–Trinajstić information content (AvgIpc) is 3.21. The number of hydrogen-bond acceptors (Lipinski definition) is 3. The van der Waals surface area contributed by atoms with Crippen molar-refractivity contribution in [2.24, 2.45) is 10.9 Å². The molecule has 1 saturated heterocycles. The minimum Gasteiger partial charge on any atom is -0.376 e. The highest BCUT2D eigenvalue weighted by Crippen LogP contribution is 2.17. The van der Waals surface area contributed by atoms with Crippen LogP contribution in [0.2, 0.25) is 0 Å². The molecule has 1 aliphatic rings. The molecule has 1 atom stereocenters. The van der Waals surface area contributed by atoms with Crippen molar-refractivity contribution in [2.45, 2.75) is 19.6 Å². The van der Waals surface area contributed by atoms with Gasteiger partial charge in [-0.1, -0.05) is 60.7 Å². The zero-order chi connectivity index (χ0) is 19.4. The Morgan fingerprint density at radius 1 is 1.00 bits per heavy atom. The van der Waals surface area contributed by atoms with Crippen molar-refractivity contribution in [1.29, 1.82) is 0 Å². The number of halogens is 1. The number of likely N-dealkylation sites (tertiary alicyclic amines) is 1. The second kappa shape index (κ2) is 13.6. The highest BCUT2D eigenvalue weighted by atomic mass is 127. The van der Waals surface area contributed by atoms with E-state index in [4.69, 9.17) is 9.47 Å². The lowest BCUT2D eigenvalue weighted by Crippen LogP contribution is -2.41. The molecule has 6 heteroatoms. The smallest absolute Gasteiger partial charge is 0.193 e. The van der Waals surface area contributed by atoms with Crippen LogP contribution in [0.15, 0.2) is 65.7 Å². The number of guanidine groups is 1. The summed E-state index contributed by atoms with van der Waals surface area (Å²) in [6.45, 7) is 5.54. The quantitative estimate of drug-likeness (QED) is 0.241. The molecular formula is C23H32IN3O2. The van der Waals surface area contributed by atoms with Crippen molar-refractivity contribution in [1.82, 2.24) is 10.2 Å². The normalized spacial score (nSPS) is 16.5. The molecule has 0 saturated carbocycles. The molecule has 2 aromatic rings. The number of aliphatic imine (C=N–C) groups is 1. The van der Waals surface area contributed by atoms with Gasteiger partial charge in [0.1, 0.15) is 0 Å². The van der Waals surface area contributed by atoms with Crippen molar-refractivity contribution < 1.29 is 9.47 Å². The monoisotopic (exact) mass is 509 g/mol. The van der Waals surface area contributed by atoms with E-state index in [-0.39, 0.29) is 24.0 Å². The number of rotatable bonds is 9. The van der Waals surface area contributed by atoms with Crippen molar-refractivity contribution in [3.8, 4) is 0 Å². The number of hydrogen-bond donors (Lipinski definition) is 1. The van der Waals surface area contributed by atoms with E-state index in [0.29, 0.717) is 25.7 Å². The van der Waals surface area contributed by atoms with Crippen molar-refractivity contribution in [2.75, 3.05) is 39.9 Å². The number of nitrogens with one attached hydrogen (secondary N) is 1. The summed E-state index contributed by atoms with van der Waals surface area (Å²) in [7, 11) is 1.84. The van der Waals surface area contributed by atoms with Gasteiger partial charge in [-0.3, -0.25) is 4.99 Å². The van der Waals surface area contributed by atoms with Gasteiger partial charge in [-0.2, -0.15) is 0 Å². The second-order valence-corrected chi connectivity index (χ2v) is 7.11. The molecule has 158 valence electrons. The fourth-order valence-corrected chi connectivity index (χ4v) is 3.41. The van der Waals surface area contributed by atoms with Gasteiger partial charge in [0.2, 0.25) is 0 Å². The van der Waals surface area contributed by atoms with E-state index < -0.39 is 0 Å². The van der Waals surface area contributed by atoms with Gasteiger partial charge >= 0.3 is 0 Å². The Hall–Kier alpha value is -1.64. The molecule has 29 heavy (non-hydrogen) atoms. The predicted octanol–water partition coefficient (Wildman–Crippen LogP) is 3.94. The summed E-state index contributed by atoms with van der Waals surface area (Å²) in [5, 5.41) is 3.41. The van der Waals surface area contributed by atoms with E-state index in [1.165, 1.54) is 11.1 Å². The summed E-state index contributed by atoms with van der Waals surface area (Å²) in [5.74, 6) is 1.51. The maximum absolute atomic E-state index is 5.91. The lowest BCUT2D eigenvalue weighted by atomic mass is 10.1. The van der Waals surface area contributed by atoms with Crippen LogP contribution in [0.3, 0.4) is 0 Å². The molecule has 0 spiro atoms. The molecular weight excluding hydrogens is 477 g/mol. The Morgan fingerprint density at radius 2 is 1.62 bits per heavy atom. The van der Waals surface area contributed by atoms with Crippen LogP contribution in [0.4, 0.5) is 0 Å². The molecule has 0 radical (unpaired) electrons. The molecule has 0 amide bonds. The Kier molecular flexibility index (Phi) is 11.1. The van der Waals surface area contributed by atoms with E-state index in [2.05, 4.69) is 51.6 Å². The van der Waals surface area contributed by atoms with Gasteiger partial charge < -0.3 is 19.7 Å². The summed E-state index contributed by atoms with van der Waals surface area (Å²) in [6.07, 6.45) is 1.14. The van der Waals surface area contributed by atoms with E-state index >= 15 is 0 Å². The third-order valence-electron chi connectivity index (χ3n) is 4.90. The highest BCUT2D eigenvalue weighted by Gasteiger charge is 2.24. The second-order valence-electron chi connectivity index (χ2n) is 7.11. The lowest BCUT2D eigenvalue weighted by molar-refractivity contribution is 0.0906. The minimum atomic E-state index is 0. The Labute approximate surface area is 191 Å². The largest absolute Gasteiger partial charge is 0.376 e. The summed E-state index contributed by atoms with van der Waals surface area (Å²) in [5.41, 5.74) is 2.43. The van der Waals surface area contributed by atoms with Crippen LogP contribution in [0.5, 0.6) is 0 Å². The molecule has 1 fully saturated rings. The Bertz CT molecular complexity index is 713. The summed E-state index contributed by atoms with van der Waals surface area (Å²) >= 11 is 0. The SMILES string of the molecule is CN=C(NCCOCc1ccccc1)N1CCC(COCc2ccccc2)C1.I. The zero-order valence-corrected chi connectivity index (χ0v) is 19.5. The molecule has 1 heterocycles. The Balaban J connectivity index is 0.00000300. The van der Waals surface area contributed by atoms with Crippen molar-refractivity contribution >= 4 is 29.9 Å². The molecule has 2 aromatic carbocycles. The molecule has 0 bridgehead atoms. The standard InChI is InChI=1S/C23H31N3O2.HI/c1-24-23(25-13-15-27-17-20-8-4-2-5-9-20)26-14-12-22(16-26)19-28-18-21-10-6-3-7-11-21;/h2-11,22H,12-19H2,1H3,(H,24,25);1H. The Morgan fingerprint density at radius 3 is 2.24 bits per heavy atom. The van der Waals surface area contributed by atoms with Crippen LogP contribution >= 0.6 is 24.0 Å². The topological polar surface area (TPSA) is 46.1 Å². The first-order chi connectivity index (χ1) is 13.8. The van der Waals surface area contributed by atoms with E-state index in [0.717, 1.165) is 38.6 Å². The number of benzene rings is 2. The number of ether oxygens (including phenoxy) is 2. The van der Waals surface area contributed by atoms with Crippen LogP contribution < -0.4 is 5.32 Å². The number of nitrogens with zero attached hydrogens (tertiary/aromatic N) is 2. The van der Waals surface area contributed by atoms with Gasteiger partial charge in [0.25, 0.3) is 0 Å². The van der Waals surface area contributed by atoms with Crippen LogP contribution in [0, 0.1) is 5.92 Å². The fraction of sp³-hybridized carbons (Fsp3) is 0.435. The van der Waals surface area contributed by atoms with E-state index in [1.54, 1.807) is 0 Å². The van der Waals surface area contributed by atoms with Gasteiger partial charge in [-0.05, 0) is 17.5 Å². The first kappa shape index (κ1) is 23.6. The fourth-order valence-electron chi connectivity index (χ4n) is 3.41. The summed E-state index contributed by atoms with van der Waals surface area (Å²) in [4.78, 5) is 6.74. The van der Waals surface area contributed by atoms with E-state index in [1.807, 2.05) is 31.3 Å². The molecule has 1 aliphatic heterocycles. The van der Waals surface area contributed by atoms with Crippen molar-refractivity contribution in [3.63, 3.8) is 0 Å². The van der Waals surface area contributed by atoms with Crippen molar-refractivity contribution in [3.05, 3.63) is 71.8 Å². The third kappa shape index (κ3) is 8.32. The first-order valence-electron chi connectivity index (χ1n) is 10.0. The van der Waals surface area contributed by atoms with Gasteiger partial charge in [-0.25, -0.2) is 0 Å². The summed E-state index contributed by atoms with van der Waals surface area (Å²) in [6, 6.07) is 20.6. The molecule has 0 aliphatic carbocycles. The lowest BCUT2D eigenvalue weighted by Gasteiger charge is -2.21.